The largest absolute Gasteiger partial charge is 0.490 e. The minimum atomic E-state index is -5.08. The molecule has 1 aliphatic rings. The van der Waals surface area contributed by atoms with Crippen LogP contribution in [0.4, 0.5) is 13.2 Å². The highest BCUT2D eigenvalue weighted by Crippen LogP contribution is 2.23. The Morgan fingerprint density at radius 3 is 2.24 bits per heavy atom. The Labute approximate surface area is 212 Å². The number of nitrogens with zero attached hydrogens (tertiary/aromatic N) is 1. The van der Waals surface area contributed by atoms with E-state index in [0.717, 1.165) is 0 Å². The number of furan rings is 1. The molecular weight excluding hydrogens is 519 g/mol. The fraction of sp³-hybridized carbons (Fsp3) is 0.348. The van der Waals surface area contributed by atoms with Crippen LogP contribution in [0.1, 0.15) is 35.2 Å². The number of alkyl halides is 3. The summed E-state index contributed by atoms with van der Waals surface area (Å²) in [6, 6.07) is 8.02. The molecule has 0 radical (unpaired) electrons. The minimum Gasteiger partial charge on any atom is -0.480 e. The lowest BCUT2D eigenvalue weighted by Gasteiger charge is -2.24. The number of carbonyl (C=O) groups excluding carboxylic acids is 2. The summed E-state index contributed by atoms with van der Waals surface area (Å²) in [5.41, 5.74) is 5.88. The number of aliphatic carboxylic acids is 2. The highest BCUT2D eigenvalue weighted by molar-refractivity contribution is 5.95. The summed E-state index contributed by atoms with van der Waals surface area (Å²) in [6.07, 6.45) is -5.80. The predicted molar refractivity (Wildman–Crippen MR) is 121 cm³/mol. The van der Waals surface area contributed by atoms with Crippen molar-refractivity contribution < 1.29 is 56.8 Å². The molecule has 3 rings (SSSR count). The number of benzene rings is 1. The van der Waals surface area contributed by atoms with E-state index >= 15 is 0 Å². The number of nitrogen functional groups attached to an aromatic ring is 1. The number of aliphatic hydroxyl groups is 1. The molecule has 1 aromatic heterocycles. The van der Waals surface area contributed by atoms with Crippen LogP contribution in [0.25, 0.3) is 0 Å². The van der Waals surface area contributed by atoms with E-state index in [9.17, 15) is 37.8 Å². The second-order valence-corrected chi connectivity index (χ2v) is 8.24. The van der Waals surface area contributed by atoms with E-state index < -0.39 is 48.1 Å². The van der Waals surface area contributed by atoms with Crippen LogP contribution in [0.3, 0.4) is 0 Å². The van der Waals surface area contributed by atoms with Crippen molar-refractivity contribution >= 4 is 29.7 Å². The second-order valence-electron chi connectivity index (χ2n) is 8.24. The van der Waals surface area contributed by atoms with Crippen molar-refractivity contribution in [2.75, 3.05) is 6.54 Å². The molecule has 0 bridgehead atoms. The van der Waals surface area contributed by atoms with Crippen LogP contribution in [-0.2, 0) is 20.8 Å². The summed E-state index contributed by atoms with van der Waals surface area (Å²) in [5.74, 6) is -5.19. The van der Waals surface area contributed by atoms with Gasteiger partial charge in [-0.25, -0.2) is 14.4 Å². The average molecular weight is 543 g/mol. The van der Waals surface area contributed by atoms with E-state index in [1.54, 1.807) is 25.1 Å². The van der Waals surface area contributed by atoms with Crippen LogP contribution >= 0.6 is 0 Å². The molecule has 3 atom stereocenters. The van der Waals surface area contributed by atoms with Crippen molar-refractivity contribution in [1.29, 1.82) is 5.41 Å². The molecule has 0 saturated carbocycles. The first-order chi connectivity index (χ1) is 17.6. The Morgan fingerprint density at radius 2 is 1.74 bits per heavy atom. The van der Waals surface area contributed by atoms with Crippen molar-refractivity contribution in [2.45, 2.75) is 38.1 Å². The van der Waals surface area contributed by atoms with Gasteiger partial charge in [-0.15, -0.1) is 0 Å². The average Bonchev–Trinajstić information content (AvgIpc) is 3.45. The van der Waals surface area contributed by atoms with E-state index in [-0.39, 0.29) is 36.7 Å². The number of aliphatic hydroxyl groups excluding tert-OH is 1. The van der Waals surface area contributed by atoms with Crippen LogP contribution in [0.5, 0.6) is 5.75 Å². The molecule has 2 heterocycles. The number of carboxylic acids is 2. The molecular formula is C23H24F3N3O9. The lowest BCUT2D eigenvalue weighted by molar-refractivity contribution is -0.192. The normalized spacial score (nSPS) is 17.7. The first-order valence-corrected chi connectivity index (χ1v) is 10.9. The van der Waals surface area contributed by atoms with Crippen molar-refractivity contribution in [3.05, 3.63) is 53.5 Å². The molecule has 12 nitrogen and oxygen atoms in total. The van der Waals surface area contributed by atoms with Crippen LogP contribution in [0, 0.1) is 11.3 Å². The predicted octanol–water partition coefficient (Wildman–Crippen LogP) is 1.64. The molecule has 1 saturated heterocycles. The molecule has 1 unspecified atom stereocenters. The summed E-state index contributed by atoms with van der Waals surface area (Å²) in [7, 11) is 0. The van der Waals surface area contributed by atoms with E-state index in [1.165, 1.54) is 23.1 Å². The summed E-state index contributed by atoms with van der Waals surface area (Å²) < 4.78 is 42.5. The number of hydrogen-bond donors (Lipinski definition) is 5. The van der Waals surface area contributed by atoms with Gasteiger partial charge in [0.05, 0.1) is 6.10 Å². The van der Waals surface area contributed by atoms with Gasteiger partial charge in [-0.05, 0) is 36.4 Å². The molecule has 0 aliphatic carbocycles. The number of carboxylic acid groups (broad SMARTS) is 2. The monoisotopic (exact) mass is 543 g/mol. The lowest BCUT2D eigenvalue weighted by atomic mass is 10.0. The van der Waals surface area contributed by atoms with Crippen LogP contribution in [-0.4, -0.2) is 74.7 Å². The van der Waals surface area contributed by atoms with Crippen LogP contribution < -0.4 is 10.5 Å². The van der Waals surface area contributed by atoms with Gasteiger partial charge in [0.25, 0.3) is 0 Å². The molecule has 2 aromatic rings. The number of nitrogens with one attached hydrogen (secondary N) is 1. The summed E-state index contributed by atoms with van der Waals surface area (Å²) in [6.45, 7) is 1.60. The first kappa shape index (κ1) is 29.8. The Kier molecular flexibility index (Phi) is 9.60. The van der Waals surface area contributed by atoms with Gasteiger partial charge >= 0.3 is 24.1 Å². The van der Waals surface area contributed by atoms with Gasteiger partial charge in [0.2, 0.25) is 11.7 Å². The number of halogens is 3. The molecule has 6 N–H and O–H groups in total. The van der Waals surface area contributed by atoms with Crippen molar-refractivity contribution in [2.24, 2.45) is 11.7 Å². The number of ether oxygens (including phenoxy) is 1. The molecule has 15 heteroatoms. The molecule has 0 spiro atoms. The summed E-state index contributed by atoms with van der Waals surface area (Å²) in [5, 5.41) is 33.5. The Bertz CT molecular complexity index is 1190. The molecule has 206 valence electrons. The Hall–Kier alpha value is -4.40. The highest BCUT2D eigenvalue weighted by atomic mass is 19.4. The summed E-state index contributed by atoms with van der Waals surface area (Å²) >= 11 is 0. The van der Waals surface area contributed by atoms with Gasteiger partial charge < -0.3 is 35.1 Å². The molecule has 1 fully saturated rings. The van der Waals surface area contributed by atoms with Crippen LogP contribution in [0.15, 0.2) is 40.8 Å². The maximum absolute atomic E-state index is 12.7. The first-order valence-electron chi connectivity index (χ1n) is 10.9. The van der Waals surface area contributed by atoms with E-state index in [0.29, 0.717) is 11.3 Å². The van der Waals surface area contributed by atoms with E-state index in [1.807, 2.05) is 0 Å². The van der Waals surface area contributed by atoms with Crippen molar-refractivity contribution in [1.82, 2.24) is 4.90 Å². The zero-order chi connectivity index (χ0) is 28.8. The fourth-order valence-corrected chi connectivity index (χ4v) is 3.42. The molecule has 1 aliphatic heterocycles. The van der Waals surface area contributed by atoms with Gasteiger partial charge in [-0.2, -0.15) is 13.2 Å². The third-order valence-corrected chi connectivity index (χ3v) is 5.26. The van der Waals surface area contributed by atoms with Crippen LogP contribution in [0.2, 0.25) is 0 Å². The Balaban J connectivity index is 0.000000638. The number of amides is 1. The molecule has 38 heavy (non-hydrogen) atoms. The zero-order valence-corrected chi connectivity index (χ0v) is 19.8. The third kappa shape index (κ3) is 8.06. The van der Waals surface area contributed by atoms with Gasteiger partial charge in [0.15, 0.2) is 0 Å². The number of β-amino-alcohol motifs (C(OH)–C–C–N with tert-alkyl or cyclic N) is 1. The zero-order valence-electron chi connectivity index (χ0n) is 19.8. The minimum absolute atomic E-state index is 0.00205. The van der Waals surface area contributed by atoms with E-state index in [4.69, 9.17) is 30.2 Å². The lowest BCUT2D eigenvalue weighted by Crippen LogP contribution is -2.43. The molecule has 1 amide bonds. The van der Waals surface area contributed by atoms with Gasteiger partial charge in [0, 0.05) is 30.9 Å². The number of rotatable bonds is 7. The standard InChI is InChI=1S/C21H23N3O7.C2HF3O2/c1-11(19(26)24-10-13(25)9-16(24)20(27)28)8-15-6-7-17(30-15)21(29)31-14-4-2-12(3-5-14)18(22)23;3-2(4,5)1(6)7/h2-7,11,13,16,25H,8-10H2,1H3,(H3,22,23)(H,27,28);(H,6,7)/t11?,13-,16-;/m0./s1. The third-order valence-electron chi connectivity index (χ3n) is 5.26. The maximum atomic E-state index is 12.7. The van der Waals surface area contributed by atoms with Gasteiger partial charge in [0.1, 0.15) is 23.4 Å². The number of carbonyl (C=O) groups is 4. The number of hydrogen-bond acceptors (Lipinski definition) is 8. The number of esters is 1. The fourth-order valence-electron chi connectivity index (χ4n) is 3.42. The second kappa shape index (κ2) is 12.2. The maximum Gasteiger partial charge on any atom is 0.490 e. The number of nitrogens with two attached hydrogens (primary N) is 1. The Morgan fingerprint density at radius 1 is 1.16 bits per heavy atom. The topological polar surface area (TPSA) is 204 Å². The van der Waals surface area contributed by atoms with Crippen molar-refractivity contribution in [3.63, 3.8) is 0 Å². The van der Waals surface area contributed by atoms with Crippen molar-refractivity contribution in [3.8, 4) is 5.75 Å². The SMILES string of the molecule is CC(Cc1ccc(C(=O)Oc2ccc(C(=N)N)cc2)o1)C(=O)N1C[C@@H](O)C[C@H]1C(=O)O.O=C(O)C(F)(F)F. The number of amidine groups is 1. The van der Waals surface area contributed by atoms with Gasteiger partial charge in [-0.1, -0.05) is 6.92 Å². The molecule has 1 aromatic carbocycles. The van der Waals surface area contributed by atoms with E-state index in [2.05, 4.69) is 0 Å². The quantitative estimate of drug-likeness (QED) is 0.148. The highest BCUT2D eigenvalue weighted by Gasteiger charge is 2.40. The van der Waals surface area contributed by atoms with Gasteiger partial charge in [-0.3, -0.25) is 10.2 Å². The number of likely N-dealkylation sites (tertiary alicyclic amines) is 1. The smallest absolute Gasteiger partial charge is 0.480 e. The summed E-state index contributed by atoms with van der Waals surface area (Å²) in [4.78, 5) is 46.3.